The van der Waals surface area contributed by atoms with E-state index < -0.39 is 52.5 Å². The minimum Gasteiger partial charge on any atom is -0.387 e. The first-order valence-electron chi connectivity index (χ1n) is 10.7. The van der Waals surface area contributed by atoms with Gasteiger partial charge in [-0.15, -0.1) is 0 Å². The molecule has 1 aliphatic carbocycles. The van der Waals surface area contributed by atoms with Crippen LogP contribution in [0.2, 0.25) is 5.02 Å². The van der Waals surface area contributed by atoms with E-state index in [1.807, 2.05) is 0 Å². The molecular weight excluding hydrogens is 495 g/mol. The van der Waals surface area contributed by atoms with E-state index in [4.69, 9.17) is 11.6 Å². The molecule has 4 rings (SSSR count). The molecule has 0 bridgehead atoms. The van der Waals surface area contributed by atoms with E-state index in [9.17, 15) is 31.9 Å². The molecule has 1 aromatic heterocycles. The van der Waals surface area contributed by atoms with Crippen LogP contribution in [0.1, 0.15) is 53.2 Å². The number of amides is 1. The summed E-state index contributed by atoms with van der Waals surface area (Å²) in [6.45, 7) is 0. The van der Waals surface area contributed by atoms with E-state index in [1.165, 1.54) is 12.1 Å². The molecule has 0 spiro atoms. The van der Waals surface area contributed by atoms with Crippen LogP contribution in [0.25, 0.3) is 5.69 Å². The number of aliphatic hydroxyl groups is 1. The molecule has 1 fully saturated rings. The Hall–Kier alpha value is -3.05. The van der Waals surface area contributed by atoms with Crippen LogP contribution in [-0.4, -0.2) is 37.8 Å². The molecule has 3 aromatic rings. The van der Waals surface area contributed by atoms with Crippen molar-refractivity contribution in [2.75, 3.05) is 0 Å². The highest BCUT2D eigenvalue weighted by molar-refractivity contribution is 6.31. The molecule has 1 unspecified atom stereocenters. The molecule has 2 N–H and O–H groups in total. The van der Waals surface area contributed by atoms with Gasteiger partial charge in [0.05, 0.1) is 40.2 Å². The molecule has 2 aromatic carbocycles. The Kier molecular flexibility index (Phi) is 6.83. The lowest BCUT2D eigenvalue weighted by atomic mass is 9.76. The highest BCUT2D eigenvalue weighted by Gasteiger charge is 2.44. The zero-order valence-corrected chi connectivity index (χ0v) is 18.8. The lowest BCUT2D eigenvalue weighted by Crippen LogP contribution is -2.49. The van der Waals surface area contributed by atoms with Crippen LogP contribution in [0.3, 0.4) is 0 Å². The van der Waals surface area contributed by atoms with Gasteiger partial charge < -0.3 is 10.4 Å². The molecule has 12 heteroatoms. The van der Waals surface area contributed by atoms with Gasteiger partial charge in [-0.1, -0.05) is 29.8 Å². The first kappa shape index (κ1) is 25.1. The highest BCUT2D eigenvalue weighted by Crippen LogP contribution is 2.42. The predicted molar refractivity (Wildman–Crippen MR) is 116 cm³/mol. The van der Waals surface area contributed by atoms with Crippen molar-refractivity contribution in [3.63, 3.8) is 0 Å². The summed E-state index contributed by atoms with van der Waals surface area (Å²) in [5, 5.41) is 21.0. The Balaban J connectivity index is 1.80. The van der Waals surface area contributed by atoms with Crippen molar-refractivity contribution < 1.29 is 31.9 Å². The fourth-order valence-electron chi connectivity index (χ4n) is 4.33. The van der Waals surface area contributed by atoms with Crippen LogP contribution in [0, 0.1) is 5.82 Å². The maximum absolute atomic E-state index is 14.3. The van der Waals surface area contributed by atoms with Crippen LogP contribution < -0.4 is 5.32 Å². The number of nitrogens with zero attached hydrogens (tertiary/aromatic N) is 3. The van der Waals surface area contributed by atoms with Crippen molar-refractivity contribution in [2.45, 2.75) is 49.7 Å². The van der Waals surface area contributed by atoms with Crippen LogP contribution in [-0.2, 0) is 6.18 Å². The quantitative estimate of drug-likeness (QED) is 0.459. The van der Waals surface area contributed by atoms with Crippen LogP contribution in [0.4, 0.5) is 22.0 Å². The standard InChI is InChI=1S/C23H20ClF5N4O2/c24-18-14(3-2-6-17(18)26)20(22(35)9-7-13(25)8-10-22)32-21(34)15-4-1-5-16(23(27,28)29)19(15)33-30-11-12-31-33/h1-6,11-13,20,35H,7-10H2,(H,32,34). The fraction of sp³-hybridized carbons (Fsp3) is 0.348. The SMILES string of the molecule is O=C(NC(c1cccc(F)c1Cl)C1(O)CCC(F)CC1)c1cccc(C(F)(F)F)c1-n1nccn1. The third-order valence-electron chi connectivity index (χ3n) is 6.09. The van der Waals surface area contributed by atoms with Gasteiger partial charge in [0.25, 0.3) is 5.91 Å². The maximum atomic E-state index is 14.3. The predicted octanol–water partition coefficient (Wildman–Crippen LogP) is 5.19. The first-order valence-corrected chi connectivity index (χ1v) is 11.1. The Morgan fingerprint density at radius 1 is 1.14 bits per heavy atom. The topological polar surface area (TPSA) is 80.0 Å². The van der Waals surface area contributed by atoms with Gasteiger partial charge >= 0.3 is 6.18 Å². The second-order valence-electron chi connectivity index (χ2n) is 8.35. The van der Waals surface area contributed by atoms with Gasteiger partial charge in [-0.05, 0) is 49.4 Å². The second kappa shape index (κ2) is 9.54. The molecule has 35 heavy (non-hydrogen) atoms. The third-order valence-corrected chi connectivity index (χ3v) is 6.49. The molecule has 1 atom stereocenters. The van der Waals surface area contributed by atoms with Gasteiger partial charge in [0.2, 0.25) is 0 Å². The zero-order valence-electron chi connectivity index (χ0n) is 18.1. The molecule has 6 nitrogen and oxygen atoms in total. The summed E-state index contributed by atoms with van der Waals surface area (Å²) in [6, 6.07) is 5.45. The minimum absolute atomic E-state index is 0.0121. The van der Waals surface area contributed by atoms with E-state index in [-0.39, 0.29) is 36.3 Å². The normalized spacial score (nSPS) is 21.5. The van der Waals surface area contributed by atoms with Gasteiger partial charge in [-0.2, -0.15) is 28.2 Å². The van der Waals surface area contributed by atoms with E-state index >= 15 is 0 Å². The molecule has 0 saturated heterocycles. The number of alkyl halides is 4. The van der Waals surface area contributed by atoms with E-state index in [0.717, 1.165) is 36.7 Å². The first-order chi connectivity index (χ1) is 16.5. The number of benzene rings is 2. The number of rotatable bonds is 5. The number of halogens is 6. The third kappa shape index (κ3) is 5.01. The summed E-state index contributed by atoms with van der Waals surface area (Å²) >= 11 is 6.14. The zero-order chi connectivity index (χ0) is 25.4. The van der Waals surface area contributed by atoms with Crippen LogP contribution in [0.15, 0.2) is 48.8 Å². The number of nitrogens with one attached hydrogen (secondary N) is 1. The lowest BCUT2D eigenvalue weighted by Gasteiger charge is -2.41. The minimum atomic E-state index is -4.83. The maximum Gasteiger partial charge on any atom is 0.418 e. The number of carbonyl (C=O) groups excluding carboxylic acids is 1. The van der Waals surface area contributed by atoms with Crippen LogP contribution in [0.5, 0.6) is 0 Å². The van der Waals surface area contributed by atoms with Crippen LogP contribution >= 0.6 is 11.6 Å². The Labute approximate surface area is 201 Å². The van der Waals surface area contributed by atoms with E-state index in [2.05, 4.69) is 15.5 Å². The Bertz CT molecular complexity index is 1210. The van der Waals surface area contributed by atoms with E-state index in [1.54, 1.807) is 0 Å². The van der Waals surface area contributed by atoms with Crippen molar-refractivity contribution in [1.29, 1.82) is 0 Å². The lowest BCUT2D eigenvalue weighted by molar-refractivity contribution is -0.137. The highest BCUT2D eigenvalue weighted by atomic mass is 35.5. The smallest absolute Gasteiger partial charge is 0.387 e. The molecule has 0 aliphatic heterocycles. The average Bonchev–Trinajstić information content (AvgIpc) is 3.35. The molecular formula is C23H20ClF5N4O2. The van der Waals surface area contributed by atoms with Crippen molar-refractivity contribution in [1.82, 2.24) is 20.3 Å². The van der Waals surface area contributed by atoms with E-state index in [0.29, 0.717) is 4.80 Å². The molecule has 1 saturated carbocycles. The Morgan fingerprint density at radius 3 is 2.40 bits per heavy atom. The number of carbonyl (C=O) groups is 1. The van der Waals surface area contributed by atoms with Gasteiger partial charge in [-0.3, -0.25) is 4.79 Å². The van der Waals surface area contributed by atoms with Crippen molar-refractivity contribution in [3.05, 3.63) is 76.3 Å². The van der Waals surface area contributed by atoms with Gasteiger partial charge in [-0.25, -0.2) is 8.78 Å². The van der Waals surface area contributed by atoms with Gasteiger partial charge in [0.15, 0.2) is 0 Å². The molecule has 0 radical (unpaired) electrons. The average molecular weight is 515 g/mol. The second-order valence-corrected chi connectivity index (χ2v) is 8.72. The monoisotopic (exact) mass is 514 g/mol. The summed E-state index contributed by atoms with van der Waals surface area (Å²) in [7, 11) is 0. The summed E-state index contributed by atoms with van der Waals surface area (Å²) in [6.07, 6.45) is -3.86. The fourth-order valence-corrected chi connectivity index (χ4v) is 4.56. The molecule has 1 aliphatic rings. The molecule has 1 amide bonds. The largest absolute Gasteiger partial charge is 0.418 e. The molecule has 1 heterocycles. The number of para-hydroxylation sites is 1. The number of aromatic nitrogens is 3. The number of hydrogen-bond acceptors (Lipinski definition) is 4. The molecule has 186 valence electrons. The number of hydrogen-bond donors (Lipinski definition) is 2. The van der Waals surface area contributed by atoms with Crippen molar-refractivity contribution in [2.24, 2.45) is 0 Å². The summed E-state index contributed by atoms with van der Waals surface area (Å²) in [5.74, 6) is -1.82. The summed E-state index contributed by atoms with van der Waals surface area (Å²) in [4.78, 5) is 14.1. The van der Waals surface area contributed by atoms with Gasteiger partial charge in [0, 0.05) is 0 Å². The summed E-state index contributed by atoms with van der Waals surface area (Å²) in [5.41, 5.74) is -3.91. The summed E-state index contributed by atoms with van der Waals surface area (Å²) < 4.78 is 69.4. The van der Waals surface area contributed by atoms with Crippen molar-refractivity contribution >= 4 is 17.5 Å². The van der Waals surface area contributed by atoms with Gasteiger partial charge in [0.1, 0.15) is 17.7 Å². The van der Waals surface area contributed by atoms with Crippen molar-refractivity contribution in [3.8, 4) is 5.69 Å². The Morgan fingerprint density at radius 2 is 1.77 bits per heavy atom.